The Hall–Kier alpha value is -1.62. The number of hydrogen-bond donors (Lipinski definition) is 0. The van der Waals surface area contributed by atoms with Crippen LogP contribution in [0.1, 0.15) is 23.0 Å². The van der Waals surface area contributed by atoms with E-state index in [0.29, 0.717) is 24.4 Å². The van der Waals surface area contributed by atoms with Gasteiger partial charge in [0.2, 0.25) is 0 Å². The molecule has 0 saturated heterocycles. The zero-order valence-electron chi connectivity index (χ0n) is 10.9. The van der Waals surface area contributed by atoms with Gasteiger partial charge in [0.25, 0.3) is 0 Å². The van der Waals surface area contributed by atoms with Crippen molar-refractivity contribution in [3.63, 3.8) is 0 Å². The number of hydrogen-bond acceptors (Lipinski definition) is 3. The Labute approximate surface area is 120 Å². The summed E-state index contributed by atoms with van der Waals surface area (Å²) in [4.78, 5) is 12.4. The lowest BCUT2D eigenvalue weighted by Gasteiger charge is -2.07. The summed E-state index contributed by atoms with van der Waals surface area (Å²) in [6.07, 6.45) is 1.90. The number of carbonyl (C=O) groups excluding carboxylic acids is 1. The van der Waals surface area contributed by atoms with E-state index in [0.717, 1.165) is 10.0 Å². The largest absolute Gasteiger partial charge is 0.493 e. The Kier molecular flexibility index (Phi) is 4.37. The third-order valence-corrected chi connectivity index (χ3v) is 3.67. The molecule has 0 unspecified atom stereocenters. The van der Waals surface area contributed by atoms with E-state index in [-0.39, 0.29) is 5.78 Å². The first-order chi connectivity index (χ1) is 9.17. The number of nitrogens with zero attached hydrogens (tertiary/aromatic N) is 2. The highest BCUT2D eigenvalue weighted by molar-refractivity contribution is 9.10. The van der Waals surface area contributed by atoms with Gasteiger partial charge in [0, 0.05) is 17.4 Å². The van der Waals surface area contributed by atoms with Crippen LogP contribution in [0.15, 0.2) is 34.9 Å². The van der Waals surface area contributed by atoms with Crippen LogP contribution < -0.4 is 4.74 Å². The van der Waals surface area contributed by atoms with Gasteiger partial charge in [-0.25, -0.2) is 0 Å². The Morgan fingerprint density at radius 2 is 2.16 bits per heavy atom. The average Bonchev–Trinajstić information content (AvgIpc) is 2.84. The standard InChI is InChI=1S/C14H15BrN2O2/c1-3-17-14(13(19-2)9-16-17)12(18)8-10-6-4-5-7-11(10)15/h4-7,9H,3,8H2,1-2H3. The number of methoxy groups -OCH3 is 1. The Morgan fingerprint density at radius 1 is 1.42 bits per heavy atom. The third-order valence-electron chi connectivity index (χ3n) is 2.90. The van der Waals surface area contributed by atoms with Crippen LogP contribution in [0.3, 0.4) is 0 Å². The molecule has 0 amide bonds. The molecule has 0 N–H and O–H groups in total. The molecule has 0 bridgehead atoms. The highest BCUT2D eigenvalue weighted by atomic mass is 79.9. The Morgan fingerprint density at radius 3 is 2.79 bits per heavy atom. The second kappa shape index (κ2) is 6.02. The minimum atomic E-state index is 0.00287. The van der Waals surface area contributed by atoms with Crippen molar-refractivity contribution in [3.8, 4) is 5.75 Å². The van der Waals surface area contributed by atoms with Crippen LogP contribution in [0.2, 0.25) is 0 Å². The van der Waals surface area contributed by atoms with Crippen molar-refractivity contribution in [2.45, 2.75) is 19.9 Å². The van der Waals surface area contributed by atoms with Crippen molar-refractivity contribution in [3.05, 3.63) is 46.2 Å². The number of ketones is 1. The molecule has 1 aromatic heterocycles. The molecule has 0 aliphatic rings. The first-order valence-corrected chi connectivity index (χ1v) is 6.83. The monoisotopic (exact) mass is 322 g/mol. The van der Waals surface area contributed by atoms with Gasteiger partial charge < -0.3 is 4.74 Å². The van der Waals surface area contributed by atoms with Crippen molar-refractivity contribution in [2.75, 3.05) is 7.11 Å². The molecule has 100 valence electrons. The fourth-order valence-electron chi connectivity index (χ4n) is 1.94. The molecule has 0 radical (unpaired) electrons. The quantitative estimate of drug-likeness (QED) is 0.794. The number of halogens is 1. The lowest BCUT2D eigenvalue weighted by molar-refractivity contribution is 0.0979. The van der Waals surface area contributed by atoms with Gasteiger partial charge in [0.15, 0.2) is 11.5 Å². The normalized spacial score (nSPS) is 10.5. The summed E-state index contributed by atoms with van der Waals surface area (Å²) < 4.78 is 7.80. The summed E-state index contributed by atoms with van der Waals surface area (Å²) in [5.41, 5.74) is 1.49. The maximum absolute atomic E-state index is 12.4. The lowest BCUT2D eigenvalue weighted by atomic mass is 10.1. The van der Waals surface area contributed by atoms with Gasteiger partial charge in [-0.05, 0) is 18.6 Å². The van der Waals surface area contributed by atoms with E-state index in [1.807, 2.05) is 31.2 Å². The van der Waals surface area contributed by atoms with E-state index in [1.54, 1.807) is 18.0 Å². The van der Waals surface area contributed by atoms with E-state index in [2.05, 4.69) is 21.0 Å². The Balaban J connectivity index is 2.30. The van der Waals surface area contributed by atoms with Crippen molar-refractivity contribution < 1.29 is 9.53 Å². The number of carbonyl (C=O) groups is 1. The first kappa shape index (κ1) is 13.8. The summed E-state index contributed by atoms with van der Waals surface area (Å²) in [6, 6.07) is 7.70. The maximum atomic E-state index is 12.4. The summed E-state index contributed by atoms with van der Waals surface area (Å²) in [5, 5.41) is 4.15. The van der Waals surface area contributed by atoms with Gasteiger partial charge in [-0.3, -0.25) is 9.48 Å². The van der Waals surface area contributed by atoms with Crippen molar-refractivity contribution in [1.29, 1.82) is 0 Å². The van der Waals surface area contributed by atoms with Crippen LogP contribution in [0.5, 0.6) is 5.75 Å². The zero-order chi connectivity index (χ0) is 13.8. The summed E-state index contributed by atoms with van der Waals surface area (Å²) >= 11 is 3.45. The molecule has 0 saturated carbocycles. The number of Topliss-reactive ketones (excluding diaryl/α,β-unsaturated/α-hetero) is 1. The van der Waals surface area contributed by atoms with Crippen molar-refractivity contribution in [1.82, 2.24) is 9.78 Å². The van der Waals surface area contributed by atoms with Gasteiger partial charge in [-0.1, -0.05) is 34.1 Å². The number of ether oxygens (including phenoxy) is 1. The summed E-state index contributed by atoms with van der Waals surface area (Å²) in [6.45, 7) is 2.59. The Bertz CT molecular complexity index is 571. The molecule has 5 heteroatoms. The van der Waals surface area contributed by atoms with Crippen LogP contribution in [-0.4, -0.2) is 22.7 Å². The number of rotatable bonds is 5. The van der Waals surface area contributed by atoms with E-state index in [9.17, 15) is 4.79 Å². The van der Waals surface area contributed by atoms with Gasteiger partial charge in [0.05, 0.1) is 13.3 Å². The van der Waals surface area contributed by atoms with Gasteiger partial charge in [-0.2, -0.15) is 5.10 Å². The van der Waals surface area contributed by atoms with E-state index < -0.39 is 0 Å². The minimum Gasteiger partial charge on any atom is -0.493 e. The van der Waals surface area contributed by atoms with Crippen molar-refractivity contribution >= 4 is 21.7 Å². The van der Waals surface area contributed by atoms with Crippen LogP contribution in [0.4, 0.5) is 0 Å². The first-order valence-electron chi connectivity index (χ1n) is 6.03. The average molecular weight is 323 g/mol. The molecular weight excluding hydrogens is 308 g/mol. The van der Waals surface area contributed by atoms with Crippen molar-refractivity contribution in [2.24, 2.45) is 0 Å². The molecule has 0 spiro atoms. The van der Waals surface area contributed by atoms with E-state index >= 15 is 0 Å². The van der Waals surface area contributed by atoms with Crippen LogP contribution in [-0.2, 0) is 13.0 Å². The molecule has 2 aromatic rings. The van der Waals surface area contributed by atoms with Gasteiger partial charge in [-0.15, -0.1) is 0 Å². The maximum Gasteiger partial charge on any atom is 0.189 e. The third kappa shape index (κ3) is 2.87. The molecule has 4 nitrogen and oxygen atoms in total. The SMILES string of the molecule is CCn1ncc(OC)c1C(=O)Cc1ccccc1Br. The molecule has 0 atom stereocenters. The molecule has 0 aliphatic carbocycles. The molecule has 19 heavy (non-hydrogen) atoms. The fraction of sp³-hybridized carbons (Fsp3) is 0.286. The molecule has 0 aliphatic heterocycles. The summed E-state index contributed by atoms with van der Waals surface area (Å²) in [7, 11) is 1.55. The number of aromatic nitrogens is 2. The second-order valence-electron chi connectivity index (χ2n) is 4.07. The smallest absolute Gasteiger partial charge is 0.189 e. The molecule has 0 fully saturated rings. The molecule has 1 heterocycles. The molecule has 1 aromatic carbocycles. The highest BCUT2D eigenvalue weighted by Crippen LogP contribution is 2.22. The zero-order valence-corrected chi connectivity index (χ0v) is 12.5. The topological polar surface area (TPSA) is 44.1 Å². The highest BCUT2D eigenvalue weighted by Gasteiger charge is 2.19. The van der Waals surface area contributed by atoms with Crippen LogP contribution >= 0.6 is 15.9 Å². The summed E-state index contributed by atoms with van der Waals surface area (Å²) in [5.74, 6) is 0.530. The van der Waals surface area contributed by atoms with E-state index in [1.165, 1.54) is 0 Å². The molecule has 2 rings (SSSR count). The molecular formula is C14H15BrN2O2. The number of benzene rings is 1. The minimum absolute atomic E-state index is 0.00287. The van der Waals surface area contributed by atoms with Crippen LogP contribution in [0, 0.1) is 0 Å². The predicted molar refractivity (Wildman–Crippen MR) is 76.6 cm³/mol. The van der Waals surface area contributed by atoms with Gasteiger partial charge >= 0.3 is 0 Å². The number of aryl methyl sites for hydroxylation is 1. The predicted octanol–water partition coefficient (Wildman–Crippen LogP) is 3.10. The second-order valence-corrected chi connectivity index (χ2v) is 4.92. The van der Waals surface area contributed by atoms with E-state index in [4.69, 9.17) is 4.74 Å². The fourth-order valence-corrected chi connectivity index (χ4v) is 2.36. The van der Waals surface area contributed by atoms with Gasteiger partial charge in [0.1, 0.15) is 5.69 Å². The van der Waals surface area contributed by atoms with Crippen LogP contribution in [0.25, 0.3) is 0 Å². The lowest BCUT2D eigenvalue weighted by Crippen LogP contribution is -2.13.